The third-order valence-corrected chi connectivity index (χ3v) is 7.54. The van der Waals surface area contributed by atoms with Gasteiger partial charge in [-0.25, -0.2) is 4.79 Å². The summed E-state index contributed by atoms with van der Waals surface area (Å²) >= 11 is 0. The Morgan fingerprint density at radius 2 is 1.86 bits per heavy atom. The van der Waals surface area contributed by atoms with Crippen molar-refractivity contribution in [2.45, 2.75) is 87.5 Å². The van der Waals surface area contributed by atoms with E-state index < -0.39 is 66.3 Å². The first-order chi connectivity index (χ1) is 16.6. The number of carbonyl (C=O) groups is 1. The summed E-state index contributed by atoms with van der Waals surface area (Å²) in [5.41, 5.74) is 4.68. The van der Waals surface area contributed by atoms with E-state index in [4.69, 9.17) is 24.7 Å². The van der Waals surface area contributed by atoms with Gasteiger partial charge in [0.2, 0.25) is 12.1 Å². The van der Waals surface area contributed by atoms with Crippen molar-refractivity contribution in [3.05, 3.63) is 35.9 Å². The number of rotatable bonds is 5. The lowest BCUT2D eigenvalue weighted by atomic mass is 9.73. The lowest BCUT2D eigenvalue weighted by Crippen LogP contribution is -2.80. The minimum absolute atomic E-state index is 0.0166. The van der Waals surface area contributed by atoms with E-state index in [1.165, 1.54) is 11.9 Å². The van der Waals surface area contributed by atoms with E-state index in [-0.39, 0.29) is 19.6 Å². The molecule has 1 aliphatic carbocycles. The van der Waals surface area contributed by atoms with Gasteiger partial charge in [0.15, 0.2) is 0 Å². The van der Waals surface area contributed by atoms with E-state index in [9.17, 15) is 25.2 Å². The predicted molar refractivity (Wildman–Crippen MR) is 122 cm³/mol. The normalized spacial score (nSPS) is 43.1. The zero-order chi connectivity index (χ0) is 25.5. The monoisotopic (exact) mass is 496 g/mol. The molecule has 196 valence electrons. The molecule has 2 heterocycles. The fraction of sp³-hybridized carbons (Fsp3) is 0.708. The van der Waals surface area contributed by atoms with Gasteiger partial charge in [0.25, 0.3) is 0 Å². The summed E-state index contributed by atoms with van der Waals surface area (Å²) in [6.07, 6.45) is -7.00. The first-order valence-corrected chi connectivity index (χ1v) is 12.0. The number of aliphatic hydroxyl groups is 4. The Bertz CT molecular complexity index is 891. The molecule has 3 fully saturated rings. The summed E-state index contributed by atoms with van der Waals surface area (Å²) in [7, 11) is 1.44. The molecule has 1 aromatic rings. The molecule has 2 aliphatic heterocycles. The second kappa shape index (κ2) is 9.91. The number of benzene rings is 1. The third kappa shape index (κ3) is 4.44. The molecule has 11 nitrogen and oxygen atoms in total. The predicted octanol–water partition coefficient (Wildman–Crippen LogP) is -0.317. The number of hydrogen-bond donors (Lipinski definition) is 5. The zero-order valence-electron chi connectivity index (χ0n) is 20.2. The Kier molecular flexibility index (Phi) is 7.43. The van der Waals surface area contributed by atoms with Crippen molar-refractivity contribution < 1.29 is 44.2 Å². The molecule has 2 saturated heterocycles. The number of likely N-dealkylation sites (N-methyl/N-ethyl adjacent to an activating group) is 1. The number of amides is 1. The lowest BCUT2D eigenvalue weighted by molar-refractivity contribution is -0.484. The van der Waals surface area contributed by atoms with Crippen molar-refractivity contribution >= 4 is 6.09 Å². The van der Waals surface area contributed by atoms with Crippen molar-refractivity contribution in [1.29, 1.82) is 0 Å². The highest BCUT2D eigenvalue weighted by Gasteiger charge is 2.68. The second-order valence-corrected chi connectivity index (χ2v) is 9.79. The molecule has 35 heavy (non-hydrogen) atoms. The molecule has 0 radical (unpaired) electrons. The average molecular weight is 497 g/mol. The van der Waals surface area contributed by atoms with E-state index in [1.807, 2.05) is 30.3 Å². The molecule has 4 rings (SSSR count). The van der Waals surface area contributed by atoms with Crippen LogP contribution in [-0.4, -0.2) is 99.3 Å². The number of nitrogens with two attached hydrogens (primary N) is 1. The van der Waals surface area contributed by atoms with E-state index >= 15 is 0 Å². The van der Waals surface area contributed by atoms with Crippen molar-refractivity contribution in [3.63, 3.8) is 0 Å². The van der Waals surface area contributed by atoms with Crippen LogP contribution in [0.4, 0.5) is 4.79 Å². The molecule has 1 aromatic carbocycles. The summed E-state index contributed by atoms with van der Waals surface area (Å²) in [4.78, 5) is 14.2. The van der Waals surface area contributed by atoms with Crippen LogP contribution in [0, 0.1) is 5.92 Å². The average Bonchev–Trinajstić information content (AvgIpc) is 2.83. The van der Waals surface area contributed by atoms with Crippen LogP contribution in [0.1, 0.15) is 32.3 Å². The topological polar surface area (TPSA) is 164 Å². The standard InChI is InChI=1S/C24H36N2O9/c1-4-15-17(27)16(26(3)22(29)32-11-14-8-6-5-7-9-14)19-20(18(15)28)34-21-24(31,35-19)23(30,12-25)10-13(2)33-21/h5-9,13,15-21,27-28,30-31H,4,10-12,25H2,1-3H3/t13-,15-,16+,17+,18+,19-,20-,21+,23-,24-/m1/s1. The highest BCUT2D eigenvalue weighted by Crippen LogP contribution is 2.47. The molecule has 3 aliphatic rings. The summed E-state index contributed by atoms with van der Waals surface area (Å²) < 4.78 is 23.2. The number of aliphatic hydroxyl groups excluding tert-OH is 2. The number of hydrogen-bond acceptors (Lipinski definition) is 10. The van der Waals surface area contributed by atoms with Crippen molar-refractivity contribution in [2.75, 3.05) is 13.6 Å². The van der Waals surface area contributed by atoms with Gasteiger partial charge in [-0.2, -0.15) is 0 Å². The van der Waals surface area contributed by atoms with E-state index in [1.54, 1.807) is 13.8 Å². The second-order valence-electron chi connectivity index (χ2n) is 9.79. The van der Waals surface area contributed by atoms with Gasteiger partial charge in [0.1, 0.15) is 24.4 Å². The Morgan fingerprint density at radius 1 is 1.17 bits per heavy atom. The summed E-state index contributed by atoms with van der Waals surface area (Å²) in [5, 5.41) is 44.9. The number of nitrogens with zero attached hydrogens (tertiary/aromatic N) is 1. The Morgan fingerprint density at radius 3 is 2.49 bits per heavy atom. The number of carbonyl (C=O) groups excluding carboxylic acids is 1. The highest BCUT2D eigenvalue weighted by atomic mass is 16.8. The molecule has 10 atom stereocenters. The van der Waals surface area contributed by atoms with Gasteiger partial charge in [0.05, 0.1) is 24.4 Å². The Balaban J connectivity index is 1.62. The largest absolute Gasteiger partial charge is 0.445 e. The smallest absolute Gasteiger partial charge is 0.410 e. The molecule has 0 spiro atoms. The molecule has 6 N–H and O–H groups in total. The maximum Gasteiger partial charge on any atom is 0.410 e. The summed E-state index contributed by atoms with van der Waals surface area (Å²) in [6, 6.07) is 8.06. The van der Waals surface area contributed by atoms with Gasteiger partial charge in [-0.15, -0.1) is 0 Å². The maximum absolute atomic E-state index is 13.0. The number of fused-ring (bicyclic) bond motifs is 2. The Hall–Kier alpha value is -1.83. The quantitative estimate of drug-likeness (QED) is 0.365. The van der Waals surface area contributed by atoms with Crippen molar-refractivity contribution in [3.8, 4) is 0 Å². The van der Waals surface area contributed by atoms with Gasteiger partial charge >= 0.3 is 6.09 Å². The minimum Gasteiger partial charge on any atom is -0.445 e. The van der Waals surface area contributed by atoms with Crippen LogP contribution in [0.5, 0.6) is 0 Å². The lowest BCUT2D eigenvalue weighted by Gasteiger charge is -2.60. The fourth-order valence-electron chi connectivity index (χ4n) is 5.51. The van der Waals surface area contributed by atoms with Gasteiger partial charge < -0.3 is 50.0 Å². The SMILES string of the molecule is CC[C@H]1[C@H](O)[C@H]2O[C@@H]3O[C@H](C)C[C@@](O)(CN)[C@]3(O)O[C@@H]2[C@@H](N(C)C(=O)OCc2ccccc2)[C@H]1O. The van der Waals surface area contributed by atoms with E-state index in [0.29, 0.717) is 6.42 Å². The highest BCUT2D eigenvalue weighted by molar-refractivity contribution is 5.68. The number of ether oxygens (including phenoxy) is 4. The van der Waals surface area contributed by atoms with Crippen LogP contribution in [0.25, 0.3) is 0 Å². The van der Waals surface area contributed by atoms with E-state index in [2.05, 4.69) is 0 Å². The van der Waals surface area contributed by atoms with Gasteiger partial charge in [-0.1, -0.05) is 37.3 Å². The Labute approximate surface area is 204 Å². The van der Waals surface area contributed by atoms with Crippen molar-refractivity contribution in [1.82, 2.24) is 4.90 Å². The summed E-state index contributed by atoms with van der Waals surface area (Å²) in [5.74, 6) is -3.05. The van der Waals surface area contributed by atoms with Gasteiger partial charge in [-0.3, -0.25) is 0 Å². The third-order valence-electron chi connectivity index (χ3n) is 7.54. The molecule has 1 saturated carbocycles. The molecule has 0 aromatic heterocycles. The zero-order valence-corrected chi connectivity index (χ0v) is 20.2. The van der Waals surface area contributed by atoms with Crippen molar-refractivity contribution in [2.24, 2.45) is 11.7 Å². The molecular formula is C24H36N2O9. The molecule has 0 bridgehead atoms. The van der Waals surface area contributed by atoms with Gasteiger partial charge in [-0.05, 0) is 18.9 Å². The molecule has 1 amide bonds. The van der Waals surface area contributed by atoms with Crippen LogP contribution >= 0.6 is 0 Å². The van der Waals surface area contributed by atoms with Crippen LogP contribution in [-0.2, 0) is 25.6 Å². The molecule has 0 unspecified atom stereocenters. The first-order valence-electron chi connectivity index (χ1n) is 12.0. The first kappa shape index (κ1) is 26.2. The van der Waals surface area contributed by atoms with Crippen LogP contribution in [0.15, 0.2) is 30.3 Å². The van der Waals surface area contributed by atoms with Crippen LogP contribution < -0.4 is 5.73 Å². The van der Waals surface area contributed by atoms with E-state index in [0.717, 1.165) is 5.56 Å². The fourth-order valence-corrected chi connectivity index (χ4v) is 5.51. The van der Waals surface area contributed by atoms with Crippen LogP contribution in [0.2, 0.25) is 0 Å². The minimum atomic E-state index is -2.39. The van der Waals surface area contributed by atoms with Gasteiger partial charge in [0, 0.05) is 25.9 Å². The maximum atomic E-state index is 13.0. The van der Waals surface area contributed by atoms with Crippen LogP contribution in [0.3, 0.4) is 0 Å². The molecule has 11 heteroatoms. The summed E-state index contributed by atoms with van der Waals surface area (Å²) in [6.45, 7) is 3.17. The molecular weight excluding hydrogens is 460 g/mol.